The molecule has 4 nitrogen and oxygen atoms in total. The highest BCUT2D eigenvalue weighted by Crippen LogP contribution is 2.35. The molecule has 2 atom stereocenters. The summed E-state index contributed by atoms with van der Waals surface area (Å²) in [5, 5.41) is 23.1. The van der Waals surface area contributed by atoms with Crippen LogP contribution >= 0.6 is 23.1 Å². The van der Waals surface area contributed by atoms with E-state index in [0.717, 1.165) is 27.3 Å². The number of aliphatic hydroxyl groups is 1. The molecule has 2 heterocycles. The van der Waals surface area contributed by atoms with Crippen LogP contribution in [0.1, 0.15) is 11.1 Å². The van der Waals surface area contributed by atoms with Gasteiger partial charge in [-0.15, -0.1) is 23.1 Å². The Kier molecular flexibility index (Phi) is 7.73. The predicted molar refractivity (Wildman–Crippen MR) is 137 cm³/mol. The van der Waals surface area contributed by atoms with Gasteiger partial charge in [0.15, 0.2) is 0 Å². The van der Waals surface area contributed by atoms with Crippen LogP contribution in [0.3, 0.4) is 0 Å². The van der Waals surface area contributed by atoms with E-state index in [1.54, 1.807) is 11.3 Å². The number of hydrogen-bond acceptors (Lipinski definition) is 6. The summed E-state index contributed by atoms with van der Waals surface area (Å²) < 4.78 is 12.6. The van der Waals surface area contributed by atoms with Crippen molar-refractivity contribution in [1.82, 2.24) is 4.98 Å². The van der Waals surface area contributed by atoms with Crippen LogP contribution in [0.2, 0.25) is 0 Å². The fourth-order valence-electron chi connectivity index (χ4n) is 3.31. The first kappa shape index (κ1) is 23.4. The van der Waals surface area contributed by atoms with Gasteiger partial charge in [-0.25, -0.2) is 4.98 Å². The zero-order valence-electron chi connectivity index (χ0n) is 18.0. The Morgan fingerprint density at radius 2 is 1.88 bits per heavy atom. The van der Waals surface area contributed by atoms with E-state index in [1.807, 2.05) is 85.1 Å². The number of aryl methyl sites for hydroxylation is 1. The topological polar surface area (TPSA) is 74.0 Å². The number of rotatable bonds is 8. The van der Waals surface area contributed by atoms with E-state index in [4.69, 9.17) is 4.98 Å². The lowest BCUT2D eigenvalue weighted by Crippen LogP contribution is -2.19. The van der Waals surface area contributed by atoms with Gasteiger partial charge in [0.25, 0.3) is 0 Å². The van der Waals surface area contributed by atoms with Gasteiger partial charge < -0.3 is 5.11 Å². The monoisotopic (exact) mass is 490 g/mol. The summed E-state index contributed by atoms with van der Waals surface area (Å²) in [4.78, 5) is 6.47. The third kappa shape index (κ3) is 5.79. The van der Waals surface area contributed by atoms with Crippen molar-refractivity contribution in [2.24, 2.45) is 0 Å². The quantitative estimate of drug-likeness (QED) is 0.311. The van der Waals surface area contributed by atoms with Gasteiger partial charge >= 0.3 is 0 Å². The van der Waals surface area contributed by atoms with Crippen LogP contribution in [0.5, 0.6) is 0 Å². The van der Waals surface area contributed by atoms with Crippen molar-refractivity contribution >= 4 is 33.9 Å². The minimum absolute atomic E-state index is 0.133. The molecule has 0 radical (unpaired) electrons. The third-order valence-corrected chi connectivity index (χ3v) is 8.49. The molecule has 0 spiro atoms. The largest absolute Gasteiger partial charge is 0.391 e. The first-order chi connectivity index (χ1) is 16.0. The number of nitrogens with zero attached hydrogens (tertiary/aromatic N) is 2. The normalized spacial score (nSPS) is 12.8. The summed E-state index contributed by atoms with van der Waals surface area (Å²) >= 11 is 2.92. The predicted octanol–water partition coefficient (Wildman–Crippen LogP) is 5.92. The number of thiophene rings is 1. The molecule has 0 saturated carbocycles. The average Bonchev–Trinajstić information content (AvgIpc) is 3.38. The molecular formula is C26H22N2O2S3. The number of pyridine rings is 1. The summed E-state index contributed by atoms with van der Waals surface area (Å²) in [7, 11) is -1.30. The Bertz CT molecular complexity index is 1280. The second-order valence-electron chi connectivity index (χ2n) is 7.48. The Morgan fingerprint density at radius 3 is 2.55 bits per heavy atom. The SMILES string of the molecule is Cc1ccc([S@@](=O)C[C@H](O)CSc2nc(-c3cccs3)cc(-c3ccccc3)c2C#N)cc1. The van der Waals surface area contributed by atoms with Crippen molar-refractivity contribution in [3.8, 4) is 27.8 Å². The Labute approximate surface area is 204 Å². The molecule has 0 amide bonds. The molecule has 0 bridgehead atoms. The molecule has 7 heteroatoms. The number of aliphatic hydroxyl groups excluding tert-OH is 1. The van der Waals surface area contributed by atoms with Gasteiger partial charge in [0.2, 0.25) is 0 Å². The van der Waals surface area contributed by atoms with E-state index in [1.165, 1.54) is 11.8 Å². The summed E-state index contributed by atoms with van der Waals surface area (Å²) in [5.41, 5.74) is 4.14. The first-order valence-corrected chi connectivity index (χ1v) is 13.5. The maximum absolute atomic E-state index is 12.6. The molecule has 0 fully saturated rings. The van der Waals surface area contributed by atoms with Crippen LogP contribution in [0.4, 0.5) is 0 Å². The fraction of sp³-hybridized carbons (Fsp3) is 0.154. The maximum atomic E-state index is 12.6. The Hall–Kier alpha value is -2.76. The Morgan fingerprint density at radius 1 is 1.12 bits per heavy atom. The minimum atomic E-state index is -1.30. The van der Waals surface area contributed by atoms with Gasteiger partial charge in [-0.3, -0.25) is 4.21 Å². The summed E-state index contributed by atoms with van der Waals surface area (Å²) in [5.74, 6) is 0.426. The maximum Gasteiger partial charge on any atom is 0.115 e. The van der Waals surface area contributed by atoms with Gasteiger partial charge in [-0.05, 0) is 42.1 Å². The highest BCUT2D eigenvalue weighted by atomic mass is 32.2. The zero-order valence-corrected chi connectivity index (χ0v) is 20.4. The molecular weight excluding hydrogens is 468 g/mol. The Balaban J connectivity index is 1.58. The number of hydrogen-bond donors (Lipinski definition) is 1. The first-order valence-electron chi connectivity index (χ1n) is 10.4. The number of nitriles is 1. The van der Waals surface area contributed by atoms with Crippen molar-refractivity contribution in [1.29, 1.82) is 5.26 Å². The molecule has 2 aromatic carbocycles. The average molecular weight is 491 g/mol. The molecule has 33 heavy (non-hydrogen) atoms. The fourth-order valence-corrected chi connectivity index (χ4v) is 6.18. The van der Waals surface area contributed by atoms with Gasteiger partial charge in [0.1, 0.15) is 11.1 Å². The summed E-state index contributed by atoms with van der Waals surface area (Å²) in [6.45, 7) is 1.98. The lowest BCUT2D eigenvalue weighted by Gasteiger charge is -2.14. The number of aromatic nitrogens is 1. The van der Waals surface area contributed by atoms with Gasteiger partial charge in [-0.1, -0.05) is 54.1 Å². The molecule has 0 unspecified atom stereocenters. The standard InChI is InChI=1S/C26H22N2O2S3/c1-18-9-11-21(12-10-18)33(30)17-20(29)16-32-26-23(15-27)22(19-6-3-2-4-7-19)14-24(28-26)25-8-5-13-31-25/h2-14,20,29H,16-17H2,1H3/t20-,33+/m1/s1. The second kappa shape index (κ2) is 10.9. The van der Waals surface area contributed by atoms with Crippen LogP contribution in [0.25, 0.3) is 21.7 Å². The van der Waals surface area contributed by atoms with E-state index < -0.39 is 16.9 Å². The smallest absolute Gasteiger partial charge is 0.115 e. The van der Waals surface area contributed by atoms with Crippen LogP contribution in [0.15, 0.2) is 88.1 Å². The van der Waals surface area contributed by atoms with Crippen molar-refractivity contribution in [3.05, 3.63) is 89.3 Å². The zero-order chi connectivity index (χ0) is 23.2. The van der Waals surface area contributed by atoms with E-state index in [-0.39, 0.29) is 5.75 Å². The molecule has 4 rings (SSSR count). The third-order valence-electron chi connectivity index (χ3n) is 5.00. The van der Waals surface area contributed by atoms with Crippen LogP contribution in [-0.2, 0) is 10.8 Å². The second-order valence-corrected chi connectivity index (χ2v) is 10.9. The molecule has 2 aromatic heterocycles. The molecule has 4 aromatic rings. The summed E-state index contributed by atoms with van der Waals surface area (Å²) in [6.07, 6.45) is -0.795. The molecule has 166 valence electrons. The van der Waals surface area contributed by atoms with E-state index in [2.05, 4.69) is 6.07 Å². The lowest BCUT2D eigenvalue weighted by atomic mass is 10.0. The minimum Gasteiger partial charge on any atom is -0.391 e. The number of benzene rings is 2. The van der Waals surface area contributed by atoms with Gasteiger partial charge in [0, 0.05) is 16.2 Å². The summed E-state index contributed by atoms with van der Waals surface area (Å²) in [6, 6.07) is 25.5. The van der Waals surface area contributed by atoms with Gasteiger partial charge in [0.05, 0.1) is 38.8 Å². The molecule has 0 saturated heterocycles. The molecule has 0 aliphatic heterocycles. The van der Waals surface area contributed by atoms with Crippen LogP contribution in [0, 0.1) is 18.3 Å². The molecule has 0 aliphatic carbocycles. The number of thioether (sulfide) groups is 1. The van der Waals surface area contributed by atoms with Crippen molar-refractivity contribution in [2.75, 3.05) is 11.5 Å². The lowest BCUT2D eigenvalue weighted by molar-refractivity contribution is 0.224. The highest BCUT2D eigenvalue weighted by Gasteiger charge is 2.18. The van der Waals surface area contributed by atoms with E-state index in [0.29, 0.717) is 21.2 Å². The van der Waals surface area contributed by atoms with Crippen LogP contribution in [-0.4, -0.2) is 31.9 Å². The van der Waals surface area contributed by atoms with E-state index in [9.17, 15) is 14.6 Å². The van der Waals surface area contributed by atoms with Crippen molar-refractivity contribution < 1.29 is 9.32 Å². The highest BCUT2D eigenvalue weighted by molar-refractivity contribution is 7.99. The van der Waals surface area contributed by atoms with Crippen molar-refractivity contribution in [3.63, 3.8) is 0 Å². The van der Waals surface area contributed by atoms with E-state index >= 15 is 0 Å². The van der Waals surface area contributed by atoms with Crippen LogP contribution < -0.4 is 0 Å². The molecule has 1 N–H and O–H groups in total. The van der Waals surface area contributed by atoms with Gasteiger partial charge in [-0.2, -0.15) is 5.26 Å². The molecule has 0 aliphatic rings. The van der Waals surface area contributed by atoms with Crippen molar-refractivity contribution in [2.45, 2.75) is 22.9 Å².